The van der Waals surface area contributed by atoms with Crippen molar-refractivity contribution >= 4 is 20.1 Å². The summed E-state index contributed by atoms with van der Waals surface area (Å²) in [5, 5.41) is 1.15. The molecule has 0 aliphatic heterocycles. The molecule has 1 aliphatic rings. The largest absolute Gasteiger partial charge is 0.493 e. The molecule has 0 fully saturated rings. The van der Waals surface area contributed by atoms with Gasteiger partial charge in [-0.05, 0) is 54.9 Å². The Labute approximate surface area is 119 Å². The van der Waals surface area contributed by atoms with Gasteiger partial charge >= 0.3 is 0 Å². The van der Waals surface area contributed by atoms with Crippen LogP contribution in [-0.2, 0) is 0 Å². The van der Waals surface area contributed by atoms with Crippen LogP contribution in [0.1, 0.15) is 38.2 Å². The zero-order valence-corrected chi connectivity index (χ0v) is 12.8. The van der Waals surface area contributed by atoms with Gasteiger partial charge in [0.25, 0.3) is 0 Å². The average Bonchev–Trinajstić information content (AvgIpc) is 2.46. The molecule has 1 aromatic rings. The standard InChI is InChI=1S/C17H23OP/c1-3-11-18-16-10-9-15(12-17(16)19)14-7-5-13(4-2)6-8-14/h4,7,9-10,12-13H,2-3,5-6,8,11,19H2,1H3. The molecule has 1 aliphatic carbocycles. The number of hydrogen-bond acceptors (Lipinski definition) is 1. The van der Waals surface area contributed by atoms with E-state index in [1.165, 1.54) is 17.6 Å². The van der Waals surface area contributed by atoms with Gasteiger partial charge in [0.2, 0.25) is 0 Å². The normalized spacial score (nSPS) is 18.8. The van der Waals surface area contributed by atoms with E-state index in [2.05, 4.69) is 53.1 Å². The summed E-state index contributed by atoms with van der Waals surface area (Å²) in [5.74, 6) is 1.64. The van der Waals surface area contributed by atoms with Crippen LogP contribution < -0.4 is 10.0 Å². The molecule has 102 valence electrons. The van der Waals surface area contributed by atoms with Gasteiger partial charge in [-0.1, -0.05) is 25.1 Å². The molecule has 0 N–H and O–H groups in total. The molecule has 2 heteroatoms. The van der Waals surface area contributed by atoms with Crippen LogP contribution in [-0.4, -0.2) is 6.61 Å². The number of hydrogen-bond donors (Lipinski definition) is 0. The van der Waals surface area contributed by atoms with Crippen molar-refractivity contribution in [3.05, 3.63) is 42.5 Å². The molecule has 0 bridgehead atoms. The first-order chi connectivity index (χ1) is 9.24. The highest BCUT2D eigenvalue weighted by molar-refractivity contribution is 7.27. The van der Waals surface area contributed by atoms with Crippen LogP contribution in [0.5, 0.6) is 5.75 Å². The maximum Gasteiger partial charge on any atom is 0.126 e. The zero-order valence-electron chi connectivity index (χ0n) is 11.7. The van der Waals surface area contributed by atoms with Gasteiger partial charge in [0.15, 0.2) is 0 Å². The second kappa shape index (κ2) is 6.91. The first kappa shape index (κ1) is 14.3. The number of allylic oxidation sites excluding steroid dienone is 3. The van der Waals surface area contributed by atoms with Gasteiger partial charge in [-0.2, -0.15) is 0 Å². The molecule has 19 heavy (non-hydrogen) atoms. The van der Waals surface area contributed by atoms with Crippen molar-refractivity contribution in [2.24, 2.45) is 5.92 Å². The molecule has 1 aromatic carbocycles. The fourth-order valence-electron chi connectivity index (χ4n) is 2.42. The van der Waals surface area contributed by atoms with E-state index < -0.39 is 0 Å². The van der Waals surface area contributed by atoms with Crippen molar-refractivity contribution in [2.45, 2.75) is 32.6 Å². The van der Waals surface area contributed by atoms with Gasteiger partial charge in [-0.3, -0.25) is 0 Å². The molecule has 0 radical (unpaired) electrons. The SMILES string of the molecule is C=CC1CC=C(c2ccc(OCCC)c(P)c2)CC1. The highest BCUT2D eigenvalue weighted by Gasteiger charge is 2.13. The van der Waals surface area contributed by atoms with Crippen LogP contribution >= 0.6 is 9.24 Å². The summed E-state index contributed by atoms with van der Waals surface area (Å²) in [7, 11) is 2.78. The molecular weight excluding hydrogens is 251 g/mol. The summed E-state index contributed by atoms with van der Waals surface area (Å²) in [6, 6.07) is 6.49. The van der Waals surface area contributed by atoms with Gasteiger partial charge < -0.3 is 4.74 Å². The van der Waals surface area contributed by atoms with Crippen LogP contribution in [0.25, 0.3) is 5.57 Å². The predicted octanol–water partition coefficient (Wildman–Crippen LogP) is 4.35. The summed E-state index contributed by atoms with van der Waals surface area (Å²) < 4.78 is 5.71. The van der Waals surface area contributed by atoms with E-state index in [4.69, 9.17) is 4.74 Å². The van der Waals surface area contributed by atoms with Crippen molar-refractivity contribution < 1.29 is 4.74 Å². The fraction of sp³-hybridized carbons (Fsp3) is 0.412. The maximum atomic E-state index is 5.71. The van der Waals surface area contributed by atoms with Crippen molar-refractivity contribution in [2.75, 3.05) is 6.61 Å². The Morgan fingerprint density at radius 3 is 2.89 bits per heavy atom. The molecule has 0 spiro atoms. The molecular formula is C17H23OP. The van der Waals surface area contributed by atoms with Crippen molar-refractivity contribution in [3.63, 3.8) is 0 Å². The third-order valence-corrected chi connectivity index (χ3v) is 4.08. The van der Waals surface area contributed by atoms with E-state index in [0.717, 1.165) is 36.9 Å². The monoisotopic (exact) mass is 274 g/mol. The highest BCUT2D eigenvalue weighted by Crippen LogP contribution is 2.31. The molecule has 2 rings (SSSR count). The van der Waals surface area contributed by atoms with Gasteiger partial charge in [-0.15, -0.1) is 15.8 Å². The Morgan fingerprint density at radius 2 is 2.32 bits per heavy atom. The lowest BCUT2D eigenvalue weighted by Crippen LogP contribution is -2.06. The third kappa shape index (κ3) is 3.70. The third-order valence-electron chi connectivity index (χ3n) is 3.63. The quantitative estimate of drug-likeness (QED) is 0.573. The Morgan fingerprint density at radius 1 is 1.47 bits per heavy atom. The van der Waals surface area contributed by atoms with Crippen molar-refractivity contribution in [3.8, 4) is 5.75 Å². The first-order valence-corrected chi connectivity index (χ1v) is 7.66. The van der Waals surface area contributed by atoms with E-state index in [1.54, 1.807) is 0 Å². The van der Waals surface area contributed by atoms with E-state index in [-0.39, 0.29) is 0 Å². The van der Waals surface area contributed by atoms with E-state index in [9.17, 15) is 0 Å². The summed E-state index contributed by atoms with van der Waals surface area (Å²) in [5.41, 5.74) is 2.79. The number of rotatable bonds is 5. The van der Waals surface area contributed by atoms with Crippen molar-refractivity contribution in [1.82, 2.24) is 0 Å². The van der Waals surface area contributed by atoms with Gasteiger partial charge in [0.05, 0.1) is 6.61 Å². The summed E-state index contributed by atoms with van der Waals surface area (Å²) >= 11 is 0. The van der Waals surface area contributed by atoms with Gasteiger partial charge in [0.1, 0.15) is 5.75 Å². The lowest BCUT2D eigenvalue weighted by molar-refractivity contribution is 0.320. The number of benzene rings is 1. The van der Waals surface area contributed by atoms with Crippen LogP contribution in [0.4, 0.5) is 0 Å². The van der Waals surface area contributed by atoms with Crippen LogP contribution in [0.3, 0.4) is 0 Å². The van der Waals surface area contributed by atoms with E-state index in [0.29, 0.717) is 5.92 Å². The van der Waals surface area contributed by atoms with Gasteiger partial charge in [-0.25, -0.2) is 0 Å². The van der Waals surface area contributed by atoms with Crippen LogP contribution in [0.15, 0.2) is 36.9 Å². The lowest BCUT2D eigenvalue weighted by Gasteiger charge is -2.20. The minimum atomic E-state index is 0.659. The minimum absolute atomic E-state index is 0.659. The Bertz CT molecular complexity index is 476. The summed E-state index contributed by atoms with van der Waals surface area (Å²) in [6.07, 6.45) is 8.97. The second-order valence-electron chi connectivity index (χ2n) is 5.10. The average molecular weight is 274 g/mol. The molecule has 2 unspecified atom stereocenters. The molecule has 0 aromatic heterocycles. The number of ether oxygens (including phenoxy) is 1. The molecule has 0 amide bonds. The summed E-state index contributed by atoms with van der Waals surface area (Å²) in [6.45, 7) is 6.79. The smallest absolute Gasteiger partial charge is 0.126 e. The minimum Gasteiger partial charge on any atom is -0.493 e. The Hall–Kier alpha value is -1.07. The molecule has 0 saturated heterocycles. The lowest BCUT2D eigenvalue weighted by atomic mass is 9.87. The van der Waals surface area contributed by atoms with E-state index >= 15 is 0 Å². The predicted molar refractivity (Wildman–Crippen MR) is 87.1 cm³/mol. The van der Waals surface area contributed by atoms with Crippen LogP contribution in [0, 0.1) is 5.92 Å². The topological polar surface area (TPSA) is 9.23 Å². The molecule has 0 heterocycles. The first-order valence-electron chi connectivity index (χ1n) is 7.09. The molecule has 2 atom stereocenters. The highest BCUT2D eigenvalue weighted by atomic mass is 31.0. The van der Waals surface area contributed by atoms with Crippen molar-refractivity contribution in [1.29, 1.82) is 0 Å². The van der Waals surface area contributed by atoms with Crippen LogP contribution in [0.2, 0.25) is 0 Å². The maximum absolute atomic E-state index is 5.71. The second-order valence-corrected chi connectivity index (χ2v) is 5.72. The Kier molecular flexibility index (Phi) is 5.22. The molecule has 0 saturated carbocycles. The Balaban J connectivity index is 2.11. The molecule has 1 nitrogen and oxygen atoms in total. The van der Waals surface area contributed by atoms with E-state index in [1.807, 2.05) is 0 Å². The van der Waals surface area contributed by atoms with Gasteiger partial charge in [0, 0.05) is 5.30 Å². The zero-order chi connectivity index (χ0) is 13.7. The summed E-state index contributed by atoms with van der Waals surface area (Å²) in [4.78, 5) is 0. The fourth-order valence-corrected chi connectivity index (χ4v) is 2.78.